The van der Waals surface area contributed by atoms with Crippen molar-refractivity contribution >= 4 is 129 Å². The highest BCUT2D eigenvalue weighted by Crippen LogP contribution is 2.47. The highest BCUT2D eigenvalue weighted by molar-refractivity contribution is 7.86. The van der Waals surface area contributed by atoms with E-state index in [2.05, 4.69) is 71.6 Å². The molecule has 0 aliphatic carbocycles. The maximum Gasteiger partial charge on any atom is 0.296 e. The van der Waals surface area contributed by atoms with Crippen molar-refractivity contribution in [3.63, 3.8) is 0 Å². The standard InChI is InChI=1S/C45H39Cl2N15O7S2/c1-5-25-8-6-7-9-30(25)52-45-56-41(47)55-44(58-45)50-28-15-12-23(3)31(20-28)59-62-38-34(71(67,68)69)19-26-18-24(4)37(39(63)35(26)36(38)48)61-60-32-21-29(16-17-33(32)70(64,65)66)51-43-54-40(46)53-42(57-43)49-27-13-10-22(2)11-14-27/h6-21,63H,5,48H2,1-4H3,(H,64,65,66)(H,67,68,69)(H2,49,51,53,54,57)(H2,50,52,55,56,58). The summed E-state index contributed by atoms with van der Waals surface area (Å²) in [5, 5.41) is 40.2. The number of hydrogen-bond donors (Lipinski definition) is 8. The molecule has 26 heteroatoms. The van der Waals surface area contributed by atoms with Crippen molar-refractivity contribution in [2.45, 2.75) is 43.9 Å². The minimum Gasteiger partial charge on any atom is -0.505 e. The number of halogens is 2. The van der Waals surface area contributed by atoms with Crippen molar-refractivity contribution in [2.75, 3.05) is 27.0 Å². The monoisotopic (exact) mass is 1040 g/mol. The summed E-state index contributed by atoms with van der Waals surface area (Å²) in [4.78, 5) is 23.9. The van der Waals surface area contributed by atoms with E-state index in [1.165, 1.54) is 25.1 Å². The molecule has 6 aromatic carbocycles. The number of aromatic hydroxyl groups is 1. The van der Waals surface area contributed by atoms with E-state index in [1.54, 1.807) is 25.1 Å². The fourth-order valence-corrected chi connectivity index (χ4v) is 8.61. The summed E-state index contributed by atoms with van der Waals surface area (Å²) >= 11 is 12.5. The summed E-state index contributed by atoms with van der Waals surface area (Å²) in [6.07, 6.45) is 0.758. The summed E-state index contributed by atoms with van der Waals surface area (Å²) in [6, 6.07) is 26.0. The van der Waals surface area contributed by atoms with Crippen molar-refractivity contribution < 1.29 is 31.0 Å². The number of aromatic nitrogens is 6. The van der Waals surface area contributed by atoms with Gasteiger partial charge in [-0.15, -0.1) is 15.3 Å². The summed E-state index contributed by atoms with van der Waals surface area (Å²) in [5.74, 6) is -0.302. The molecule has 0 aliphatic rings. The largest absolute Gasteiger partial charge is 0.505 e. The summed E-state index contributed by atoms with van der Waals surface area (Å²) in [7, 11) is -9.91. The van der Waals surface area contributed by atoms with Gasteiger partial charge in [0.05, 0.1) is 16.8 Å². The Kier molecular flexibility index (Phi) is 14.0. The Hall–Kier alpha value is -8.00. The Bertz CT molecular complexity index is 3700. The number of azo groups is 2. The zero-order valence-electron chi connectivity index (χ0n) is 37.5. The second-order valence-corrected chi connectivity index (χ2v) is 19.0. The number of nitrogen functional groups attached to an aromatic ring is 1. The molecule has 0 amide bonds. The minimum atomic E-state index is -5.01. The first-order valence-electron chi connectivity index (χ1n) is 20.9. The van der Waals surface area contributed by atoms with Crippen LogP contribution in [-0.2, 0) is 26.7 Å². The second-order valence-electron chi connectivity index (χ2n) is 15.5. The molecule has 0 aliphatic heterocycles. The second kappa shape index (κ2) is 20.2. The van der Waals surface area contributed by atoms with Gasteiger partial charge in [0.1, 0.15) is 26.9 Å². The van der Waals surface area contributed by atoms with Crippen LogP contribution in [0.25, 0.3) is 10.8 Å². The Morgan fingerprint density at radius 3 is 1.70 bits per heavy atom. The summed E-state index contributed by atoms with van der Waals surface area (Å²) < 4.78 is 71.1. The molecule has 0 saturated carbocycles. The number of para-hydroxylation sites is 1. The third-order valence-corrected chi connectivity index (χ3v) is 12.6. The van der Waals surface area contributed by atoms with Gasteiger partial charge in [-0.1, -0.05) is 48.9 Å². The average molecular weight is 1040 g/mol. The van der Waals surface area contributed by atoms with Gasteiger partial charge in [0.25, 0.3) is 20.2 Å². The Morgan fingerprint density at radius 1 is 0.577 bits per heavy atom. The lowest BCUT2D eigenvalue weighted by atomic mass is 10.0. The van der Waals surface area contributed by atoms with Gasteiger partial charge in [-0.2, -0.15) is 51.9 Å². The fraction of sp³-hybridized carbons (Fsp3) is 0.111. The van der Waals surface area contributed by atoms with Crippen LogP contribution >= 0.6 is 23.2 Å². The summed E-state index contributed by atoms with van der Waals surface area (Å²) in [5.41, 5.74) is 10.1. The summed E-state index contributed by atoms with van der Waals surface area (Å²) in [6.45, 7) is 7.16. The molecular weight excluding hydrogens is 998 g/mol. The third kappa shape index (κ3) is 11.6. The molecule has 2 heterocycles. The maximum absolute atomic E-state index is 12.8. The fourth-order valence-electron chi connectivity index (χ4n) is 7.01. The highest BCUT2D eigenvalue weighted by atomic mass is 35.5. The molecule has 0 atom stereocenters. The normalized spacial score (nSPS) is 11.9. The lowest BCUT2D eigenvalue weighted by Crippen LogP contribution is -2.05. The van der Waals surface area contributed by atoms with E-state index in [4.69, 9.17) is 28.9 Å². The van der Waals surface area contributed by atoms with Crippen LogP contribution < -0.4 is 27.0 Å². The SMILES string of the molecule is CCc1ccccc1Nc1nc(Cl)nc(Nc2ccc(C)c(N=Nc3c(S(=O)(=O)O)cc4cc(C)c(N=Nc5cc(Nc6nc(Cl)nc(Nc7ccc(C)cc7)n6)ccc5S(=O)(=O)O)c(O)c4c3N)c2)n1. The van der Waals surface area contributed by atoms with Crippen molar-refractivity contribution in [3.8, 4) is 5.75 Å². The molecule has 0 saturated heterocycles. The molecule has 0 bridgehead atoms. The van der Waals surface area contributed by atoms with Crippen LogP contribution in [0.1, 0.15) is 29.2 Å². The van der Waals surface area contributed by atoms with Crippen LogP contribution in [0.15, 0.2) is 127 Å². The first-order valence-corrected chi connectivity index (χ1v) is 24.5. The van der Waals surface area contributed by atoms with Crippen molar-refractivity contribution in [3.05, 3.63) is 130 Å². The topological polar surface area (TPSA) is 330 Å². The van der Waals surface area contributed by atoms with E-state index in [0.29, 0.717) is 16.9 Å². The van der Waals surface area contributed by atoms with Crippen LogP contribution in [0, 0.1) is 20.8 Å². The third-order valence-electron chi connectivity index (χ3n) is 10.5. The van der Waals surface area contributed by atoms with Gasteiger partial charge in [0.15, 0.2) is 5.75 Å². The molecule has 71 heavy (non-hydrogen) atoms. The van der Waals surface area contributed by atoms with Crippen LogP contribution in [0.2, 0.25) is 10.6 Å². The van der Waals surface area contributed by atoms with Crippen LogP contribution in [0.4, 0.5) is 75.0 Å². The maximum atomic E-state index is 12.8. The number of nitrogens with one attached hydrogen (secondary N) is 4. The van der Waals surface area contributed by atoms with E-state index in [1.807, 2.05) is 62.4 Å². The Labute approximate surface area is 415 Å². The number of rotatable bonds is 15. The van der Waals surface area contributed by atoms with Gasteiger partial charge < -0.3 is 32.1 Å². The van der Waals surface area contributed by atoms with Crippen LogP contribution in [0.5, 0.6) is 5.75 Å². The molecule has 8 aromatic rings. The van der Waals surface area contributed by atoms with Crippen molar-refractivity contribution in [1.82, 2.24) is 29.9 Å². The molecule has 0 unspecified atom stereocenters. The smallest absolute Gasteiger partial charge is 0.296 e. The van der Waals surface area contributed by atoms with E-state index < -0.39 is 47.2 Å². The molecule has 22 nitrogen and oxygen atoms in total. The number of nitrogens with zero attached hydrogens (tertiary/aromatic N) is 10. The Balaban J connectivity index is 1.11. The van der Waals surface area contributed by atoms with Crippen molar-refractivity contribution in [2.24, 2.45) is 20.5 Å². The van der Waals surface area contributed by atoms with E-state index >= 15 is 0 Å². The Morgan fingerprint density at radius 2 is 1.10 bits per heavy atom. The number of nitrogens with two attached hydrogens (primary N) is 1. The van der Waals surface area contributed by atoms with Gasteiger partial charge in [0, 0.05) is 22.7 Å². The number of aryl methyl sites for hydroxylation is 4. The number of anilines is 9. The van der Waals surface area contributed by atoms with E-state index in [9.17, 15) is 31.0 Å². The zero-order chi connectivity index (χ0) is 50.8. The minimum absolute atomic E-state index is 0.0429. The first-order chi connectivity index (χ1) is 33.7. The van der Waals surface area contributed by atoms with Gasteiger partial charge in [-0.05, 0) is 133 Å². The molecule has 9 N–H and O–H groups in total. The van der Waals surface area contributed by atoms with Crippen LogP contribution in [-0.4, -0.2) is 61.0 Å². The molecule has 0 radical (unpaired) electrons. The van der Waals surface area contributed by atoms with Gasteiger partial charge in [-0.25, -0.2) is 0 Å². The van der Waals surface area contributed by atoms with Crippen molar-refractivity contribution in [1.29, 1.82) is 0 Å². The number of hydrogen-bond acceptors (Lipinski definition) is 20. The van der Waals surface area contributed by atoms with Gasteiger partial charge >= 0.3 is 0 Å². The molecular formula is C45H39Cl2N15O7S2. The molecule has 2 aromatic heterocycles. The highest BCUT2D eigenvalue weighted by Gasteiger charge is 2.25. The lowest BCUT2D eigenvalue weighted by Gasteiger charge is -2.14. The molecule has 362 valence electrons. The van der Waals surface area contributed by atoms with E-state index in [-0.39, 0.29) is 73.4 Å². The molecule has 8 rings (SSSR count). The average Bonchev–Trinajstić information content (AvgIpc) is 3.29. The van der Waals surface area contributed by atoms with Gasteiger partial charge in [0.2, 0.25) is 34.4 Å². The van der Waals surface area contributed by atoms with Gasteiger partial charge in [-0.3, -0.25) is 9.11 Å². The molecule has 0 spiro atoms. The predicted molar refractivity (Wildman–Crippen MR) is 270 cm³/mol. The number of phenolic OH excluding ortho intramolecular Hbond substituents is 1. The lowest BCUT2D eigenvalue weighted by molar-refractivity contribution is 0.480. The number of benzene rings is 6. The molecule has 0 fully saturated rings. The first kappa shape index (κ1) is 49.4. The quantitative estimate of drug-likeness (QED) is 0.0269. The predicted octanol–water partition coefficient (Wildman–Crippen LogP) is 11.6. The van der Waals surface area contributed by atoms with E-state index in [0.717, 1.165) is 35.4 Å². The zero-order valence-corrected chi connectivity index (χ0v) is 40.7. The number of phenols is 1. The van der Waals surface area contributed by atoms with Crippen LogP contribution in [0.3, 0.4) is 0 Å². The number of fused-ring (bicyclic) bond motifs is 1.